The maximum absolute atomic E-state index is 12.4. The normalized spacial score (nSPS) is 13.0. The summed E-state index contributed by atoms with van der Waals surface area (Å²) in [5.41, 5.74) is 0.561. The smallest absolute Gasteiger partial charge is 0.240 e. The molecule has 1 aromatic heterocycles. The molecule has 0 radical (unpaired) electrons. The van der Waals surface area contributed by atoms with E-state index in [2.05, 4.69) is 10.0 Å². The first-order valence-electron chi connectivity index (χ1n) is 7.37. The van der Waals surface area contributed by atoms with E-state index in [1.807, 2.05) is 36.5 Å². The molecule has 0 saturated carbocycles. The quantitative estimate of drug-likeness (QED) is 0.787. The molecule has 1 heterocycles. The number of thiophene rings is 1. The van der Waals surface area contributed by atoms with Gasteiger partial charge in [0.1, 0.15) is 0 Å². The zero-order valence-corrected chi connectivity index (χ0v) is 15.4. The van der Waals surface area contributed by atoms with Gasteiger partial charge in [0.05, 0.1) is 10.9 Å². The summed E-state index contributed by atoms with van der Waals surface area (Å²) in [6.45, 7) is 1.68. The van der Waals surface area contributed by atoms with Crippen LogP contribution in [0.4, 0.5) is 5.69 Å². The molecule has 0 fully saturated rings. The number of carbonyl (C=O) groups is 1. The second kappa shape index (κ2) is 7.89. The van der Waals surface area contributed by atoms with Crippen LogP contribution in [0.3, 0.4) is 0 Å². The number of amides is 1. The van der Waals surface area contributed by atoms with Crippen LogP contribution in [0.25, 0.3) is 0 Å². The molecule has 8 heteroatoms. The van der Waals surface area contributed by atoms with Crippen molar-refractivity contribution in [2.75, 3.05) is 26.0 Å². The van der Waals surface area contributed by atoms with Crippen LogP contribution in [0.1, 0.15) is 17.8 Å². The van der Waals surface area contributed by atoms with E-state index in [0.717, 1.165) is 4.88 Å². The Labute approximate surface area is 146 Å². The average molecular weight is 367 g/mol. The lowest BCUT2D eigenvalue weighted by Crippen LogP contribution is -2.34. The van der Waals surface area contributed by atoms with Crippen LogP contribution >= 0.6 is 11.3 Å². The highest BCUT2D eigenvalue weighted by Gasteiger charge is 2.20. The Kier molecular flexibility index (Phi) is 6.11. The van der Waals surface area contributed by atoms with Gasteiger partial charge in [0.2, 0.25) is 15.9 Å². The van der Waals surface area contributed by atoms with Crippen LogP contribution in [0.5, 0.6) is 0 Å². The van der Waals surface area contributed by atoms with Crippen LogP contribution in [0, 0.1) is 0 Å². The molecule has 24 heavy (non-hydrogen) atoms. The molecule has 0 aliphatic rings. The maximum Gasteiger partial charge on any atom is 0.240 e. The van der Waals surface area contributed by atoms with Gasteiger partial charge >= 0.3 is 0 Å². The lowest BCUT2D eigenvalue weighted by molar-refractivity contribution is -0.114. The number of nitrogens with zero attached hydrogens (tertiary/aromatic N) is 1. The Bertz CT molecular complexity index is 769. The van der Waals surface area contributed by atoms with Gasteiger partial charge < -0.3 is 10.2 Å². The predicted molar refractivity (Wildman–Crippen MR) is 96.7 cm³/mol. The van der Waals surface area contributed by atoms with E-state index in [1.54, 1.807) is 23.5 Å². The second-order valence-corrected chi connectivity index (χ2v) is 8.30. The van der Waals surface area contributed by atoms with Gasteiger partial charge in [0, 0.05) is 24.0 Å². The van der Waals surface area contributed by atoms with Gasteiger partial charge in [0.25, 0.3) is 0 Å². The number of carbonyl (C=O) groups excluding carboxylic acids is 1. The molecule has 1 atom stereocenters. The van der Waals surface area contributed by atoms with Gasteiger partial charge in [-0.25, -0.2) is 13.1 Å². The highest BCUT2D eigenvalue weighted by Crippen LogP contribution is 2.23. The highest BCUT2D eigenvalue weighted by molar-refractivity contribution is 7.89. The van der Waals surface area contributed by atoms with Crippen molar-refractivity contribution in [3.63, 3.8) is 0 Å². The van der Waals surface area contributed by atoms with E-state index < -0.39 is 10.0 Å². The molecule has 6 nitrogen and oxygen atoms in total. The summed E-state index contributed by atoms with van der Waals surface area (Å²) in [6.07, 6.45) is 0. The van der Waals surface area contributed by atoms with Gasteiger partial charge in [-0.3, -0.25) is 4.79 Å². The number of likely N-dealkylation sites (N-methyl/N-ethyl adjacent to an activating group) is 1. The Morgan fingerprint density at radius 3 is 2.38 bits per heavy atom. The third kappa shape index (κ3) is 4.88. The van der Waals surface area contributed by atoms with Crippen LogP contribution in [-0.2, 0) is 14.8 Å². The number of hydrogen-bond acceptors (Lipinski definition) is 5. The Morgan fingerprint density at radius 1 is 1.21 bits per heavy atom. The van der Waals surface area contributed by atoms with Gasteiger partial charge in [-0.15, -0.1) is 11.3 Å². The SMILES string of the molecule is CC(=O)Nc1ccc(S(=O)(=O)NC[C@H](c2cccs2)N(C)C)cc1. The summed E-state index contributed by atoms with van der Waals surface area (Å²) in [5, 5.41) is 4.58. The van der Waals surface area contributed by atoms with Gasteiger partial charge in [-0.05, 0) is 49.8 Å². The Balaban J connectivity index is 2.08. The fourth-order valence-corrected chi connectivity index (χ4v) is 4.17. The molecular formula is C16H21N3O3S2. The number of nitrogens with one attached hydrogen (secondary N) is 2. The molecule has 0 spiro atoms. The number of anilines is 1. The molecule has 1 amide bonds. The van der Waals surface area contributed by atoms with Gasteiger partial charge in [0.15, 0.2) is 0 Å². The first-order valence-corrected chi connectivity index (χ1v) is 9.73. The zero-order chi connectivity index (χ0) is 17.7. The lowest BCUT2D eigenvalue weighted by Gasteiger charge is -2.23. The first kappa shape index (κ1) is 18.6. The zero-order valence-electron chi connectivity index (χ0n) is 13.8. The molecular weight excluding hydrogens is 346 g/mol. The molecule has 1 aromatic carbocycles. The van der Waals surface area contributed by atoms with Crippen molar-refractivity contribution in [3.05, 3.63) is 46.7 Å². The lowest BCUT2D eigenvalue weighted by atomic mass is 10.2. The largest absolute Gasteiger partial charge is 0.326 e. The minimum atomic E-state index is -3.61. The van der Waals surface area contributed by atoms with Crippen molar-refractivity contribution in [3.8, 4) is 0 Å². The first-order chi connectivity index (χ1) is 11.3. The van der Waals surface area contributed by atoms with Crippen LogP contribution in [0.15, 0.2) is 46.7 Å². The minimum Gasteiger partial charge on any atom is -0.326 e. The van der Waals surface area contributed by atoms with E-state index in [9.17, 15) is 13.2 Å². The van der Waals surface area contributed by atoms with E-state index in [1.165, 1.54) is 19.1 Å². The Morgan fingerprint density at radius 2 is 1.88 bits per heavy atom. The highest BCUT2D eigenvalue weighted by atomic mass is 32.2. The van der Waals surface area contributed by atoms with E-state index in [-0.39, 0.29) is 23.4 Å². The molecule has 2 N–H and O–H groups in total. The van der Waals surface area contributed by atoms with Crippen molar-refractivity contribution < 1.29 is 13.2 Å². The summed E-state index contributed by atoms with van der Waals surface area (Å²) < 4.78 is 27.6. The molecule has 0 aliphatic carbocycles. The number of benzene rings is 1. The molecule has 0 unspecified atom stereocenters. The summed E-state index contributed by atoms with van der Waals surface area (Å²) in [4.78, 5) is 14.3. The molecule has 0 aliphatic heterocycles. The molecule has 2 aromatic rings. The second-order valence-electron chi connectivity index (χ2n) is 5.55. The fraction of sp³-hybridized carbons (Fsp3) is 0.312. The van der Waals surface area contributed by atoms with Gasteiger partial charge in [-0.2, -0.15) is 0 Å². The van der Waals surface area contributed by atoms with Crippen molar-refractivity contribution in [2.24, 2.45) is 0 Å². The van der Waals surface area contributed by atoms with Gasteiger partial charge in [-0.1, -0.05) is 6.07 Å². The topological polar surface area (TPSA) is 78.5 Å². The number of hydrogen-bond donors (Lipinski definition) is 2. The predicted octanol–water partition coefficient (Wildman–Crippen LogP) is 2.29. The number of rotatable bonds is 7. The van der Waals surface area contributed by atoms with Crippen molar-refractivity contribution in [2.45, 2.75) is 17.9 Å². The third-order valence-corrected chi connectivity index (χ3v) is 5.86. The van der Waals surface area contributed by atoms with Crippen LogP contribution in [-0.4, -0.2) is 39.9 Å². The summed E-state index contributed by atoms with van der Waals surface area (Å²) in [5.74, 6) is -0.200. The summed E-state index contributed by atoms with van der Waals surface area (Å²) >= 11 is 1.60. The molecule has 0 bridgehead atoms. The van der Waals surface area contributed by atoms with Crippen molar-refractivity contribution >= 4 is 33.0 Å². The molecule has 130 valence electrons. The summed E-state index contributed by atoms with van der Waals surface area (Å²) in [7, 11) is 0.225. The number of sulfonamides is 1. The van der Waals surface area contributed by atoms with Crippen molar-refractivity contribution in [1.29, 1.82) is 0 Å². The minimum absolute atomic E-state index is 0.0292. The van der Waals surface area contributed by atoms with E-state index in [4.69, 9.17) is 0 Å². The summed E-state index contributed by atoms with van der Waals surface area (Å²) in [6, 6.07) is 10.0. The fourth-order valence-electron chi connectivity index (χ4n) is 2.21. The van der Waals surface area contributed by atoms with Crippen LogP contribution < -0.4 is 10.0 Å². The molecule has 0 saturated heterocycles. The monoisotopic (exact) mass is 367 g/mol. The average Bonchev–Trinajstić information content (AvgIpc) is 3.01. The standard InChI is InChI=1S/C16H21N3O3S2/c1-12(20)18-13-6-8-14(9-7-13)24(21,22)17-11-15(19(2)3)16-5-4-10-23-16/h4-10,15,17H,11H2,1-3H3,(H,18,20)/t15-/m1/s1. The Hall–Kier alpha value is -1.74. The van der Waals surface area contributed by atoms with E-state index in [0.29, 0.717) is 5.69 Å². The maximum atomic E-state index is 12.4. The third-order valence-electron chi connectivity index (χ3n) is 3.45. The molecule has 2 rings (SSSR count). The van der Waals surface area contributed by atoms with E-state index >= 15 is 0 Å². The van der Waals surface area contributed by atoms with Crippen molar-refractivity contribution in [1.82, 2.24) is 9.62 Å². The van der Waals surface area contributed by atoms with Crippen LogP contribution in [0.2, 0.25) is 0 Å².